The first kappa shape index (κ1) is 14.1. The van der Waals surface area contributed by atoms with E-state index >= 15 is 0 Å². The Hall–Kier alpha value is 0.110. The lowest BCUT2D eigenvalue weighted by Gasteiger charge is -2.32. The summed E-state index contributed by atoms with van der Waals surface area (Å²) in [6, 6.07) is 0. The summed E-state index contributed by atoms with van der Waals surface area (Å²) in [6.07, 6.45) is 0.724. The van der Waals surface area contributed by atoms with Crippen LogP contribution in [0.2, 0.25) is 0 Å². The third kappa shape index (κ3) is 2.80. The van der Waals surface area contributed by atoms with Crippen molar-refractivity contribution in [3.05, 3.63) is 0 Å². The fourth-order valence-corrected chi connectivity index (χ4v) is 3.26. The maximum atomic E-state index is 12.2. The Morgan fingerprint density at radius 3 is 1.64 bits per heavy atom. The number of rotatable bonds is 7. The van der Waals surface area contributed by atoms with Gasteiger partial charge in [0.2, 0.25) is 0 Å². The molecule has 0 saturated heterocycles. The minimum atomic E-state index is -3.39. The van der Waals surface area contributed by atoms with Crippen LogP contribution < -0.4 is 0 Å². The van der Waals surface area contributed by atoms with Gasteiger partial charge in [-0.25, -0.2) is 0 Å². The zero-order valence-corrected chi connectivity index (χ0v) is 10.3. The maximum Gasteiger partial charge on any atom is 0.361 e. The molecule has 5 heteroatoms. The summed E-state index contributed by atoms with van der Waals surface area (Å²) in [5.41, 5.74) is 0. The van der Waals surface area contributed by atoms with E-state index in [2.05, 4.69) is 0 Å². The van der Waals surface area contributed by atoms with Crippen LogP contribution in [-0.2, 0) is 13.6 Å². The normalized spacial score (nSPS) is 13.2. The number of aliphatic hydroxyl groups is 1. The van der Waals surface area contributed by atoms with Crippen molar-refractivity contribution >= 4 is 7.60 Å². The van der Waals surface area contributed by atoms with Crippen molar-refractivity contribution in [2.24, 2.45) is 0 Å². The Labute approximate surface area is 86.1 Å². The molecule has 0 rings (SSSR count). The molecule has 0 saturated carbocycles. The molecule has 0 atom stereocenters. The Bertz CT molecular complexity index is 191. The summed E-state index contributed by atoms with van der Waals surface area (Å²) in [7, 11) is -3.39. The zero-order chi connectivity index (χ0) is 11.2. The van der Waals surface area contributed by atoms with Gasteiger partial charge in [-0.2, -0.15) is 0 Å². The van der Waals surface area contributed by atoms with Gasteiger partial charge in [0.15, 0.2) is 5.34 Å². The van der Waals surface area contributed by atoms with Crippen molar-refractivity contribution in [2.75, 3.05) is 13.2 Å². The van der Waals surface area contributed by atoms with E-state index in [1.807, 2.05) is 0 Å². The molecule has 4 nitrogen and oxygen atoms in total. The van der Waals surface area contributed by atoms with Gasteiger partial charge in [0.25, 0.3) is 0 Å². The highest BCUT2D eigenvalue weighted by Crippen LogP contribution is 2.61. The van der Waals surface area contributed by atoms with Gasteiger partial charge in [0.05, 0.1) is 13.2 Å². The summed E-state index contributed by atoms with van der Waals surface area (Å²) in [6.45, 7) is 7.57. The first-order valence-corrected chi connectivity index (χ1v) is 6.65. The summed E-state index contributed by atoms with van der Waals surface area (Å²) in [5, 5.41) is 8.75. The second-order valence-electron chi connectivity index (χ2n) is 3.02. The topological polar surface area (TPSA) is 55.8 Å². The summed E-state index contributed by atoms with van der Waals surface area (Å²) in [4.78, 5) is 0. The van der Waals surface area contributed by atoms with E-state index in [0.29, 0.717) is 12.8 Å². The third-order valence-electron chi connectivity index (χ3n) is 2.24. The second-order valence-corrected chi connectivity index (χ2v) is 5.37. The van der Waals surface area contributed by atoms with Crippen LogP contribution in [0, 0.1) is 0 Å². The minimum Gasteiger partial charge on any atom is -0.377 e. The highest BCUT2D eigenvalue weighted by molar-refractivity contribution is 7.55. The lowest BCUT2D eigenvalue weighted by atomic mass is 10.2. The molecule has 0 heterocycles. The van der Waals surface area contributed by atoms with E-state index in [0.717, 1.165) is 0 Å². The average Bonchev–Trinajstić information content (AvgIpc) is 2.17. The van der Waals surface area contributed by atoms with Crippen LogP contribution in [-0.4, -0.2) is 23.7 Å². The maximum absolute atomic E-state index is 12.2. The molecule has 14 heavy (non-hydrogen) atoms. The molecule has 0 aromatic heterocycles. The van der Waals surface area contributed by atoms with Crippen LogP contribution in [0.3, 0.4) is 0 Å². The molecule has 0 aromatic carbocycles. The van der Waals surface area contributed by atoms with Crippen LogP contribution in [0.4, 0.5) is 0 Å². The van der Waals surface area contributed by atoms with Gasteiger partial charge < -0.3 is 14.2 Å². The predicted octanol–water partition coefficient (Wildman–Crippen LogP) is 2.76. The van der Waals surface area contributed by atoms with E-state index in [1.54, 1.807) is 27.7 Å². The fourth-order valence-electron chi connectivity index (χ4n) is 1.25. The molecular formula is C9H21O4P. The Morgan fingerprint density at radius 1 is 1.07 bits per heavy atom. The van der Waals surface area contributed by atoms with Gasteiger partial charge in [0.1, 0.15) is 0 Å². The molecule has 0 unspecified atom stereocenters. The second kappa shape index (κ2) is 5.86. The van der Waals surface area contributed by atoms with Gasteiger partial charge in [0, 0.05) is 0 Å². The molecular weight excluding hydrogens is 203 g/mol. The molecule has 0 bridgehead atoms. The van der Waals surface area contributed by atoms with Crippen molar-refractivity contribution in [1.82, 2.24) is 0 Å². The molecule has 0 radical (unpaired) electrons. The summed E-state index contributed by atoms with van der Waals surface area (Å²) < 4.78 is 22.4. The molecule has 0 spiro atoms. The zero-order valence-electron chi connectivity index (χ0n) is 9.45. The Morgan fingerprint density at radius 2 is 1.43 bits per heavy atom. The number of hydrogen-bond donors (Lipinski definition) is 1. The molecule has 0 aromatic rings. The van der Waals surface area contributed by atoms with Crippen LogP contribution in [0.25, 0.3) is 0 Å². The van der Waals surface area contributed by atoms with Crippen LogP contribution >= 0.6 is 7.60 Å². The van der Waals surface area contributed by atoms with Crippen molar-refractivity contribution in [3.8, 4) is 0 Å². The van der Waals surface area contributed by atoms with Gasteiger partial charge in [-0.1, -0.05) is 13.8 Å². The van der Waals surface area contributed by atoms with Crippen LogP contribution in [0.1, 0.15) is 40.5 Å². The number of hydrogen-bond acceptors (Lipinski definition) is 4. The summed E-state index contributed by atoms with van der Waals surface area (Å²) >= 11 is 0. The van der Waals surface area contributed by atoms with Crippen LogP contribution in [0.5, 0.6) is 0 Å². The van der Waals surface area contributed by atoms with Crippen LogP contribution in [0.15, 0.2) is 0 Å². The Balaban J connectivity index is 4.86. The smallest absolute Gasteiger partial charge is 0.361 e. The van der Waals surface area contributed by atoms with Crippen molar-refractivity contribution in [2.45, 2.75) is 45.9 Å². The average molecular weight is 224 g/mol. The van der Waals surface area contributed by atoms with Gasteiger partial charge in [-0.05, 0) is 26.7 Å². The molecule has 0 amide bonds. The van der Waals surface area contributed by atoms with Crippen molar-refractivity contribution < 1.29 is 18.7 Å². The van der Waals surface area contributed by atoms with E-state index < -0.39 is 12.9 Å². The molecule has 86 valence electrons. The minimum absolute atomic E-state index is 0.277. The largest absolute Gasteiger partial charge is 0.377 e. The molecule has 0 aliphatic carbocycles. The lowest BCUT2D eigenvalue weighted by Crippen LogP contribution is -2.29. The lowest BCUT2D eigenvalue weighted by molar-refractivity contribution is 0.0611. The van der Waals surface area contributed by atoms with E-state index in [9.17, 15) is 9.67 Å². The quantitative estimate of drug-likeness (QED) is 0.675. The summed E-state index contributed by atoms with van der Waals surface area (Å²) in [5.74, 6) is 0. The van der Waals surface area contributed by atoms with Gasteiger partial charge >= 0.3 is 7.60 Å². The highest BCUT2D eigenvalue weighted by Gasteiger charge is 2.46. The Kier molecular flexibility index (Phi) is 5.91. The predicted molar refractivity (Wildman–Crippen MR) is 56.4 cm³/mol. The molecule has 0 aliphatic rings. The molecule has 0 fully saturated rings. The monoisotopic (exact) mass is 224 g/mol. The highest BCUT2D eigenvalue weighted by atomic mass is 31.2. The van der Waals surface area contributed by atoms with E-state index in [4.69, 9.17) is 9.05 Å². The van der Waals surface area contributed by atoms with Crippen molar-refractivity contribution in [1.29, 1.82) is 0 Å². The first-order chi connectivity index (χ1) is 6.49. The van der Waals surface area contributed by atoms with E-state index in [-0.39, 0.29) is 13.2 Å². The SMILES string of the molecule is CCOP(=O)(OCC)C(O)(CC)CC. The van der Waals surface area contributed by atoms with E-state index in [1.165, 1.54) is 0 Å². The third-order valence-corrected chi connectivity index (χ3v) is 5.09. The van der Waals surface area contributed by atoms with Gasteiger partial charge in [-0.15, -0.1) is 0 Å². The fraction of sp³-hybridized carbons (Fsp3) is 1.00. The first-order valence-electron chi connectivity index (χ1n) is 5.11. The molecule has 0 aliphatic heterocycles. The van der Waals surface area contributed by atoms with Gasteiger partial charge in [-0.3, -0.25) is 4.57 Å². The standard InChI is InChI=1S/C9H21O4P/c1-5-9(10,6-2)14(11,12-7-3)13-8-4/h10H,5-8H2,1-4H3. The van der Waals surface area contributed by atoms with Crippen molar-refractivity contribution in [3.63, 3.8) is 0 Å². The molecule has 1 N–H and O–H groups in total.